The number of rotatable bonds is 4. The van der Waals surface area contributed by atoms with Crippen LogP contribution in [0.3, 0.4) is 0 Å². The molecule has 2 rings (SSSR count). The molecule has 0 saturated heterocycles. The van der Waals surface area contributed by atoms with Gasteiger partial charge in [0.05, 0.1) is 5.69 Å². The number of hydrogen-bond acceptors (Lipinski definition) is 3. The molecule has 0 fully saturated rings. The van der Waals surface area contributed by atoms with Crippen molar-refractivity contribution in [1.82, 2.24) is 5.32 Å². The molecule has 0 aliphatic heterocycles. The molecule has 0 unspecified atom stereocenters. The van der Waals surface area contributed by atoms with E-state index in [1.807, 2.05) is 25.2 Å². The second-order valence-corrected chi connectivity index (χ2v) is 8.88. The van der Waals surface area contributed by atoms with Crippen molar-refractivity contribution in [3.05, 3.63) is 58.7 Å². The third-order valence-electron chi connectivity index (χ3n) is 4.52. The number of aliphatic imine (C=N–C) groups is 1. The molecule has 0 saturated carbocycles. The minimum Gasteiger partial charge on any atom is -0.507 e. The van der Waals surface area contributed by atoms with Crippen LogP contribution < -0.4 is 5.32 Å². The zero-order valence-electron chi connectivity index (χ0n) is 17.1. The first-order valence-corrected chi connectivity index (χ1v) is 9.18. The molecule has 2 aromatic carbocycles. The number of nitrogens with one attached hydrogen (secondary N) is 1. The van der Waals surface area contributed by atoms with E-state index in [9.17, 15) is 5.11 Å². The van der Waals surface area contributed by atoms with Gasteiger partial charge in [-0.05, 0) is 41.1 Å². The largest absolute Gasteiger partial charge is 0.507 e. The van der Waals surface area contributed by atoms with Gasteiger partial charge in [-0.3, -0.25) is 4.99 Å². The molecule has 3 nitrogen and oxygen atoms in total. The number of benzene rings is 2. The van der Waals surface area contributed by atoms with Gasteiger partial charge >= 0.3 is 0 Å². The van der Waals surface area contributed by atoms with Crippen molar-refractivity contribution >= 4 is 11.9 Å². The lowest BCUT2D eigenvalue weighted by atomic mass is 9.79. The summed E-state index contributed by atoms with van der Waals surface area (Å²) < 4.78 is 0. The summed E-state index contributed by atoms with van der Waals surface area (Å²) in [5.41, 5.74) is 4.83. The summed E-state index contributed by atoms with van der Waals surface area (Å²) in [5.74, 6) is 0.320. The summed E-state index contributed by atoms with van der Waals surface area (Å²) in [4.78, 5) is 4.68. The number of phenols is 1. The van der Waals surface area contributed by atoms with Crippen molar-refractivity contribution in [2.75, 3.05) is 7.05 Å². The highest BCUT2D eigenvalue weighted by Crippen LogP contribution is 2.37. The smallest absolute Gasteiger partial charge is 0.128 e. The highest BCUT2D eigenvalue weighted by Gasteiger charge is 2.24. The zero-order valence-corrected chi connectivity index (χ0v) is 17.1. The SMILES string of the molecule is CNCc1ccccc1/N=C/c1cc(C(C)(C)C)cc(C(C)(C)C)c1O. The van der Waals surface area contributed by atoms with Gasteiger partial charge in [0.1, 0.15) is 5.75 Å². The summed E-state index contributed by atoms with van der Waals surface area (Å²) in [6, 6.07) is 12.2. The van der Waals surface area contributed by atoms with Crippen LogP contribution in [0.1, 0.15) is 63.8 Å². The van der Waals surface area contributed by atoms with E-state index in [1.165, 1.54) is 5.56 Å². The predicted molar refractivity (Wildman–Crippen MR) is 112 cm³/mol. The molecule has 2 aromatic rings. The van der Waals surface area contributed by atoms with Crippen molar-refractivity contribution in [3.8, 4) is 5.75 Å². The molecule has 3 heteroatoms. The van der Waals surface area contributed by atoms with Crippen LogP contribution in [0, 0.1) is 0 Å². The number of nitrogens with zero attached hydrogens (tertiary/aromatic N) is 1. The van der Waals surface area contributed by atoms with Gasteiger partial charge in [0.25, 0.3) is 0 Å². The molecule has 0 bridgehead atoms. The Kier molecular flexibility index (Phi) is 5.92. The van der Waals surface area contributed by atoms with E-state index in [0.29, 0.717) is 5.75 Å². The molecule has 2 N–H and O–H groups in total. The van der Waals surface area contributed by atoms with Gasteiger partial charge in [-0.15, -0.1) is 0 Å². The normalized spacial score (nSPS) is 12.7. The molecule has 0 aliphatic carbocycles. The van der Waals surface area contributed by atoms with Crippen LogP contribution in [-0.4, -0.2) is 18.4 Å². The van der Waals surface area contributed by atoms with E-state index in [2.05, 4.69) is 70.1 Å². The molecular weight excluding hydrogens is 320 g/mol. The summed E-state index contributed by atoms with van der Waals surface area (Å²) in [7, 11) is 1.93. The summed E-state index contributed by atoms with van der Waals surface area (Å²) in [6.07, 6.45) is 1.79. The van der Waals surface area contributed by atoms with Gasteiger partial charge in [0, 0.05) is 23.9 Å². The molecule has 0 aliphatic rings. The molecule has 0 radical (unpaired) electrons. The fourth-order valence-electron chi connectivity index (χ4n) is 2.88. The van der Waals surface area contributed by atoms with Crippen molar-refractivity contribution in [3.63, 3.8) is 0 Å². The lowest BCUT2D eigenvalue weighted by molar-refractivity contribution is 0.444. The minimum absolute atomic E-state index is 0.000325. The first-order chi connectivity index (χ1) is 12.0. The summed E-state index contributed by atoms with van der Waals surface area (Å²) in [5, 5.41) is 14.0. The first kappa shape index (κ1) is 20.2. The van der Waals surface area contributed by atoms with E-state index in [4.69, 9.17) is 0 Å². The lowest BCUT2D eigenvalue weighted by Gasteiger charge is -2.27. The van der Waals surface area contributed by atoms with Crippen LogP contribution in [-0.2, 0) is 17.4 Å². The van der Waals surface area contributed by atoms with Crippen LogP contribution >= 0.6 is 0 Å². The lowest BCUT2D eigenvalue weighted by Crippen LogP contribution is -2.17. The van der Waals surface area contributed by atoms with Gasteiger partial charge in [0.2, 0.25) is 0 Å². The second-order valence-electron chi connectivity index (χ2n) is 8.88. The molecule has 26 heavy (non-hydrogen) atoms. The maximum atomic E-state index is 10.9. The minimum atomic E-state index is -0.141. The van der Waals surface area contributed by atoms with Gasteiger partial charge in [-0.25, -0.2) is 0 Å². The third-order valence-corrected chi connectivity index (χ3v) is 4.52. The van der Waals surface area contributed by atoms with E-state index >= 15 is 0 Å². The van der Waals surface area contributed by atoms with Gasteiger partial charge < -0.3 is 10.4 Å². The van der Waals surface area contributed by atoms with Crippen molar-refractivity contribution in [2.24, 2.45) is 4.99 Å². The maximum absolute atomic E-state index is 10.9. The van der Waals surface area contributed by atoms with Gasteiger partial charge in [-0.1, -0.05) is 65.8 Å². The Morgan fingerprint density at radius 2 is 1.65 bits per heavy atom. The van der Waals surface area contributed by atoms with Crippen LogP contribution in [0.2, 0.25) is 0 Å². The fourth-order valence-corrected chi connectivity index (χ4v) is 2.88. The van der Waals surface area contributed by atoms with Crippen LogP contribution in [0.4, 0.5) is 5.69 Å². The summed E-state index contributed by atoms with van der Waals surface area (Å²) in [6.45, 7) is 13.7. The topological polar surface area (TPSA) is 44.6 Å². The third kappa shape index (κ3) is 4.73. The Morgan fingerprint density at radius 1 is 1.00 bits per heavy atom. The average molecular weight is 353 g/mol. The van der Waals surface area contributed by atoms with Crippen LogP contribution in [0.15, 0.2) is 41.4 Å². The molecule has 0 atom stereocenters. The average Bonchev–Trinajstić information content (AvgIpc) is 2.53. The molecule has 0 spiro atoms. The first-order valence-electron chi connectivity index (χ1n) is 9.18. The van der Waals surface area contributed by atoms with E-state index < -0.39 is 0 Å². The van der Waals surface area contributed by atoms with Gasteiger partial charge in [0.15, 0.2) is 0 Å². The Labute approximate surface area is 158 Å². The number of phenolic OH excluding ortho intramolecular Hbond substituents is 1. The van der Waals surface area contributed by atoms with Crippen molar-refractivity contribution in [1.29, 1.82) is 0 Å². The van der Waals surface area contributed by atoms with Crippen molar-refractivity contribution < 1.29 is 5.11 Å². The molecule has 0 heterocycles. The number of hydrogen-bond donors (Lipinski definition) is 2. The Balaban J connectivity index is 2.56. The number of aromatic hydroxyl groups is 1. The highest BCUT2D eigenvalue weighted by atomic mass is 16.3. The monoisotopic (exact) mass is 352 g/mol. The van der Waals surface area contributed by atoms with E-state index in [0.717, 1.165) is 28.9 Å². The molecule has 0 amide bonds. The zero-order chi connectivity index (χ0) is 19.5. The van der Waals surface area contributed by atoms with Gasteiger partial charge in [-0.2, -0.15) is 0 Å². The Morgan fingerprint density at radius 3 is 2.23 bits per heavy atom. The van der Waals surface area contributed by atoms with E-state index in [1.54, 1.807) is 6.21 Å². The van der Waals surface area contributed by atoms with Crippen LogP contribution in [0.25, 0.3) is 0 Å². The van der Waals surface area contributed by atoms with Crippen LogP contribution in [0.5, 0.6) is 5.75 Å². The molecule has 0 aromatic heterocycles. The highest BCUT2D eigenvalue weighted by molar-refractivity contribution is 5.87. The second kappa shape index (κ2) is 7.63. The Bertz CT molecular complexity index is 793. The molecule has 140 valence electrons. The predicted octanol–water partition coefficient (Wildman–Crippen LogP) is 5.46. The standard InChI is InChI=1S/C23H32N2O/c1-22(2,3)18-12-17(21(26)19(13-18)23(4,5)6)15-25-20-11-9-8-10-16(20)14-24-7/h8-13,15,24,26H,14H2,1-7H3/b25-15+. The summed E-state index contributed by atoms with van der Waals surface area (Å²) >= 11 is 0. The fraction of sp³-hybridized carbons (Fsp3) is 0.435. The maximum Gasteiger partial charge on any atom is 0.128 e. The van der Waals surface area contributed by atoms with E-state index in [-0.39, 0.29) is 10.8 Å². The van der Waals surface area contributed by atoms with Crippen molar-refractivity contribution in [2.45, 2.75) is 58.9 Å². The quantitative estimate of drug-likeness (QED) is 0.718. The molecular formula is C23H32N2O. The Hall–Kier alpha value is -2.13. The number of para-hydroxylation sites is 1.